The van der Waals surface area contributed by atoms with Crippen LogP contribution in [0.15, 0.2) is 24.3 Å². The Labute approximate surface area is 117 Å². The van der Waals surface area contributed by atoms with E-state index in [-0.39, 0.29) is 6.03 Å². The Morgan fingerprint density at radius 1 is 1.40 bits per heavy atom. The molecule has 0 bridgehead atoms. The van der Waals surface area contributed by atoms with E-state index in [0.29, 0.717) is 30.8 Å². The number of carbonyl (C=O) groups excluding carboxylic acids is 2. The van der Waals surface area contributed by atoms with Crippen LogP contribution in [0.2, 0.25) is 0 Å². The van der Waals surface area contributed by atoms with Crippen LogP contribution in [0, 0.1) is 0 Å². The summed E-state index contributed by atoms with van der Waals surface area (Å²) in [6.45, 7) is 0.912. The van der Waals surface area contributed by atoms with Crippen LogP contribution in [-0.2, 0) is 4.74 Å². The summed E-state index contributed by atoms with van der Waals surface area (Å²) in [7, 11) is 1.29. The Bertz CT molecular complexity index is 504. The third-order valence-electron chi connectivity index (χ3n) is 3.26. The Morgan fingerprint density at radius 3 is 2.85 bits per heavy atom. The van der Waals surface area contributed by atoms with Crippen LogP contribution in [0.5, 0.6) is 0 Å². The topological polar surface area (TPSA) is 78.9 Å². The van der Waals surface area contributed by atoms with Gasteiger partial charge in [0.1, 0.15) is 0 Å². The number of anilines is 1. The van der Waals surface area contributed by atoms with Gasteiger partial charge in [-0.25, -0.2) is 9.59 Å². The van der Waals surface area contributed by atoms with Crippen molar-refractivity contribution in [1.82, 2.24) is 4.90 Å². The summed E-state index contributed by atoms with van der Waals surface area (Å²) in [5, 5.41) is 12.3. The smallest absolute Gasteiger partial charge is 0.339 e. The largest absolute Gasteiger partial charge is 0.465 e. The minimum absolute atomic E-state index is 0.306. The summed E-state index contributed by atoms with van der Waals surface area (Å²) >= 11 is 0. The van der Waals surface area contributed by atoms with E-state index in [2.05, 4.69) is 10.1 Å². The van der Waals surface area contributed by atoms with Gasteiger partial charge in [0.25, 0.3) is 0 Å². The predicted octanol–water partition coefficient (Wildman–Crippen LogP) is 1.46. The fourth-order valence-corrected chi connectivity index (χ4v) is 2.21. The summed E-state index contributed by atoms with van der Waals surface area (Å²) in [5.74, 6) is -0.500. The highest BCUT2D eigenvalue weighted by atomic mass is 16.5. The van der Waals surface area contributed by atoms with Crippen molar-refractivity contribution in [3.63, 3.8) is 0 Å². The van der Waals surface area contributed by atoms with Crippen molar-refractivity contribution in [2.75, 3.05) is 25.5 Å². The maximum absolute atomic E-state index is 12.1. The molecule has 108 valence electrons. The molecule has 6 nitrogen and oxygen atoms in total. The number of nitrogens with zero attached hydrogens (tertiary/aromatic N) is 1. The number of β-amino-alcohol motifs (C(OH)–C–C–N with tert-alkyl or cyclic N) is 1. The molecule has 1 aliphatic rings. The normalized spacial score (nSPS) is 18.5. The minimum atomic E-state index is -0.500. The number of rotatable bonds is 2. The zero-order valence-corrected chi connectivity index (χ0v) is 11.3. The number of carbonyl (C=O) groups is 2. The number of amides is 2. The van der Waals surface area contributed by atoms with Crippen molar-refractivity contribution in [3.05, 3.63) is 29.8 Å². The van der Waals surface area contributed by atoms with Crippen molar-refractivity contribution < 1.29 is 19.4 Å². The van der Waals surface area contributed by atoms with Crippen LogP contribution in [-0.4, -0.2) is 48.3 Å². The van der Waals surface area contributed by atoms with E-state index in [9.17, 15) is 14.7 Å². The zero-order chi connectivity index (χ0) is 14.5. The SMILES string of the molecule is COC(=O)c1ccccc1NC(=O)N1CCC[C@H](O)C1. The molecule has 1 fully saturated rings. The van der Waals surface area contributed by atoms with Crippen LogP contribution in [0.1, 0.15) is 23.2 Å². The van der Waals surface area contributed by atoms with Gasteiger partial charge in [0.05, 0.1) is 24.5 Å². The Morgan fingerprint density at radius 2 is 2.15 bits per heavy atom. The number of hydrogen-bond acceptors (Lipinski definition) is 4. The van der Waals surface area contributed by atoms with E-state index in [1.54, 1.807) is 29.2 Å². The van der Waals surface area contributed by atoms with E-state index in [4.69, 9.17) is 0 Å². The van der Waals surface area contributed by atoms with E-state index < -0.39 is 12.1 Å². The number of benzene rings is 1. The van der Waals surface area contributed by atoms with Gasteiger partial charge in [-0.05, 0) is 25.0 Å². The second-order valence-corrected chi connectivity index (χ2v) is 4.71. The van der Waals surface area contributed by atoms with Gasteiger partial charge in [-0.15, -0.1) is 0 Å². The molecule has 0 aromatic heterocycles. The third-order valence-corrected chi connectivity index (χ3v) is 3.26. The fourth-order valence-electron chi connectivity index (χ4n) is 2.21. The molecule has 0 radical (unpaired) electrons. The molecular formula is C14H18N2O4. The molecule has 1 aromatic carbocycles. The number of aliphatic hydroxyl groups excluding tert-OH is 1. The molecule has 2 rings (SSSR count). The van der Waals surface area contributed by atoms with Crippen LogP contribution in [0.4, 0.5) is 10.5 Å². The van der Waals surface area contributed by atoms with E-state index in [1.807, 2.05) is 0 Å². The van der Waals surface area contributed by atoms with Crippen molar-refractivity contribution in [3.8, 4) is 0 Å². The first kappa shape index (κ1) is 14.3. The number of nitrogens with one attached hydrogen (secondary N) is 1. The molecular weight excluding hydrogens is 260 g/mol. The van der Waals surface area contributed by atoms with Gasteiger partial charge in [-0.3, -0.25) is 0 Å². The molecule has 20 heavy (non-hydrogen) atoms. The lowest BCUT2D eigenvalue weighted by Gasteiger charge is -2.30. The number of aliphatic hydroxyl groups is 1. The number of hydrogen-bond donors (Lipinski definition) is 2. The monoisotopic (exact) mass is 278 g/mol. The van der Waals surface area contributed by atoms with Gasteiger partial charge >= 0.3 is 12.0 Å². The number of esters is 1. The molecule has 6 heteroatoms. The van der Waals surface area contributed by atoms with Crippen LogP contribution in [0.3, 0.4) is 0 Å². The summed E-state index contributed by atoms with van der Waals surface area (Å²) in [4.78, 5) is 25.3. The second kappa shape index (κ2) is 6.38. The number of ether oxygens (including phenoxy) is 1. The lowest BCUT2D eigenvalue weighted by molar-refractivity contribution is 0.0601. The lowest BCUT2D eigenvalue weighted by Crippen LogP contribution is -2.44. The Kier molecular flexibility index (Phi) is 4.57. The maximum Gasteiger partial charge on any atom is 0.339 e. The zero-order valence-electron chi connectivity index (χ0n) is 11.3. The standard InChI is InChI=1S/C14H18N2O4/c1-20-13(18)11-6-2-3-7-12(11)15-14(19)16-8-4-5-10(17)9-16/h2-3,6-7,10,17H,4-5,8-9H2,1H3,(H,15,19)/t10-/m0/s1. The molecule has 2 amide bonds. The molecule has 1 heterocycles. The van der Waals surface area contributed by atoms with Gasteiger partial charge in [0, 0.05) is 13.1 Å². The highest BCUT2D eigenvalue weighted by Gasteiger charge is 2.23. The molecule has 2 N–H and O–H groups in total. The lowest BCUT2D eigenvalue weighted by atomic mass is 10.1. The number of methoxy groups -OCH3 is 1. The third kappa shape index (κ3) is 3.27. The van der Waals surface area contributed by atoms with E-state index in [0.717, 1.165) is 6.42 Å². The molecule has 1 aromatic rings. The molecule has 0 spiro atoms. The van der Waals surface area contributed by atoms with Crippen molar-refractivity contribution in [2.45, 2.75) is 18.9 Å². The minimum Gasteiger partial charge on any atom is -0.465 e. The van der Waals surface area contributed by atoms with Crippen LogP contribution < -0.4 is 5.32 Å². The van der Waals surface area contributed by atoms with Crippen molar-refractivity contribution >= 4 is 17.7 Å². The second-order valence-electron chi connectivity index (χ2n) is 4.71. The number of likely N-dealkylation sites (tertiary alicyclic amines) is 1. The first-order chi connectivity index (χ1) is 9.61. The van der Waals surface area contributed by atoms with E-state index in [1.165, 1.54) is 7.11 Å². The van der Waals surface area contributed by atoms with Crippen molar-refractivity contribution in [1.29, 1.82) is 0 Å². The molecule has 1 saturated heterocycles. The molecule has 0 aliphatic carbocycles. The Hall–Kier alpha value is -2.08. The number of urea groups is 1. The average Bonchev–Trinajstić information content (AvgIpc) is 2.47. The summed E-state index contributed by atoms with van der Waals surface area (Å²) < 4.78 is 4.68. The Balaban J connectivity index is 2.09. The first-order valence-electron chi connectivity index (χ1n) is 6.53. The van der Waals surface area contributed by atoms with Gasteiger partial charge in [-0.1, -0.05) is 12.1 Å². The fraction of sp³-hybridized carbons (Fsp3) is 0.429. The first-order valence-corrected chi connectivity index (χ1v) is 6.53. The predicted molar refractivity (Wildman–Crippen MR) is 73.6 cm³/mol. The quantitative estimate of drug-likeness (QED) is 0.803. The highest BCUT2D eigenvalue weighted by molar-refractivity contribution is 6.00. The molecule has 1 aliphatic heterocycles. The average molecular weight is 278 g/mol. The summed E-state index contributed by atoms with van der Waals surface area (Å²) in [5.41, 5.74) is 0.713. The highest BCUT2D eigenvalue weighted by Crippen LogP contribution is 2.18. The van der Waals surface area contributed by atoms with Gasteiger partial charge in [0.2, 0.25) is 0 Å². The van der Waals surface area contributed by atoms with Crippen LogP contribution >= 0.6 is 0 Å². The van der Waals surface area contributed by atoms with Crippen LogP contribution in [0.25, 0.3) is 0 Å². The molecule has 1 atom stereocenters. The van der Waals surface area contributed by atoms with E-state index >= 15 is 0 Å². The van der Waals surface area contributed by atoms with Crippen molar-refractivity contribution in [2.24, 2.45) is 0 Å². The van der Waals surface area contributed by atoms with Gasteiger partial charge in [-0.2, -0.15) is 0 Å². The molecule has 0 saturated carbocycles. The van der Waals surface area contributed by atoms with Gasteiger partial charge in [0.15, 0.2) is 0 Å². The number of piperidine rings is 1. The number of para-hydroxylation sites is 1. The van der Waals surface area contributed by atoms with Gasteiger partial charge < -0.3 is 20.1 Å². The molecule has 0 unspecified atom stereocenters. The maximum atomic E-state index is 12.1. The summed E-state index contributed by atoms with van der Waals surface area (Å²) in [6, 6.07) is 6.34. The summed E-state index contributed by atoms with van der Waals surface area (Å²) in [6.07, 6.45) is 1.00.